The highest BCUT2D eigenvalue weighted by Crippen LogP contribution is 2.09. The molecule has 0 radical (unpaired) electrons. The smallest absolute Gasteiger partial charge is 0.337 e. The highest BCUT2D eigenvalue weighted by molar-refractivity contribution is 5.94. The van der Waals surface area contributed by atoms with Gasteiger partial charge in [-0.1, -0.05) is 48.5 Å². The molecule has 0 aliphatic heterocycles. The van der Waals surface area contributed by atoms with Crippen LogP contribution in [0.1, 0.15) is 22.8 Å². The molecule has 2 aromatic carbocycles. The summed E-state index contributed by atoms with van der Waals surface area (Å²) in [5.74, 6) is -1.09. The Bertz CT molecular complexity index is 658. The first-order chi connectivity index (χ1) is 11.6. The van der Waals surface area contributed by atoms with Crippen molar-refractivity contribution in [1.82, 2.24) is 5.32 Å². The number of carbonyl (C=O) groups is 2. The number of ether oxygens (including phenoxy) is 1. The number of hydrogen-bond donors (Lipinski definition) is 2. The van der Waals surface area contributed by atoms with Crippen molar-refractivity contribution < 1.29 is 19.4 Å². The van der Waals surface area contributed by atoms with Crippen molar-refractivity contribution in [3.05, 3.63) is 71.8 Å². The Hall–Kier alpha value is -2.66. The maximum atomic E-state index is 12.4. The van der Waals surface area contributed by atoms with E-state index < -0.39 is 18.1 Å². The molecule has 5 nitrogen and oxygen atoms in total. The van der Waals surface area contributed by atoms with E-state index in [2.05, 4.69) is 5.32 Å². The number of aliphatic hydroxyl groups is 1. The number of rotatable bonds is 7. The summed E-state index contributed by atoms with van der Waals surface area (Å²) >= 11 is 0. The van der Waals surface area contributed by atoms with Crippen molar-refractivity contribution in [2.45, 2.75) is 25.5 Å². The van der Waals surface area contributed by atoms with Crippen LogP contribution < -0.4 is 5.32 Å². The molecule has 2 aromatic rings. The van der Waals surface area contributed by atoms with E-state index in [0.717, 1.165) is 5.56 Å². The van der Waals surface area contributed by atoms with Gasteiger partial charge in [-0.25, -0.2) is 4.79 Å². The van der Waals surface area contributed by atoms with Crippen LogP contribution in [0.15, 0.2) is 60.7 Å². The molecular weight excluding hydrogens is 306 g/mol. The molecule has 1 amide bonds. The van der Waals surface area contributed by atoms with E-state index >= 15 is 0 Å². The van der Waals surface area contributed by atoms with Crippen LogP contribution >= 0.6 is 0 Å². The Balaban J connectivity index is 2.15. The normalized spacial score (nSPS) is 12.9. The quantitative estimate of drug-likeness (QED) is 0.762. The molecule has 2 atom stereocenters. The summed E-state index contributed by atoms with van der Waals surface area (Å²) in [5.41, 5.74) is 1.37. The third-order valence-electron chi connectivity index (χ3n) is 3.56. The molecule has 0 fully saturated rings. The summed E-state index contributed by atoms with van der Waals surface area (Å²) < 4.78 is 4.87. The molecule has 2 N–H and O–H groups in total. The molecule has 5 heteroatoms. The first-order valence-electron chi connectivity index (χ1n) is 7.86. The zero-order chi connectivity index (χ0) is 17.4. The summed E-state index contributed by atoms with van der Waals surface area (Å²) in [5, 5.41) is 13.0. The van der Waals surface area contributed by atoms with Crippen LogP contribution in [-0.2, 0) is 16.0 Å². The molecule has 0 aromatic heterocycles. The Morgan fingerprint density at radius 1 is 1.04 bits per heavy atom. The molecule has 0 saturated carbocycles. The number of nitrogens with one attached hydrogen (secondary N) is 1. The van der Waals surface area contributed by atoms with Crippen LogP contribution in [-0.4, -0.2) is 35.7 Å². The summed E-state index contributed by atoms with van der Waals surface area (Å²) in [6.07, 6.45) is -1.11. The molecule has 126 valence electrons. The van der Waals surface area contributed by atoms with Crippen LogP contribution in [0.5, 0.6) is 0 Å². The minimum atomic E-state index is -1.43. The fraction of sp³-hybridized carbons (Fsp3) is 0.263. The van der Waals surface area contributed by atoms with Crippen LogP contribution in [0.2, 0.25) is 0 Å². The number of carbonyl (C=O) groups excluding carboxylic acids is 2. The number of benzene rings is 2. The molecule has 0 aliphatic carbocycles. The van der Waals surface area contributed by atoms with Crippen molar-refractivity contribution in [2.75, 3.05) is 6.61 Å². The van der Waals surface area contributed by atoms with Gasteiger partial charge in [0.2, 0.25) is 0 Å². The standard InChI is InChI=1S/C19H21NO4/c1-2-24-19(23)17(21)16(13-14-9-5-3-6-10-14)20-18(22)15-11-7-4-8-12-15/h3-12,16-17,21H,2,13H2,1H3,(H,20,22)/t16-,17+/m0/s1. The lowest BCUT2D eigenvalue weighted by atomic mass is 10.0. The lowest BCUT2D eigenvalue weighted by Gasteiger charge is -2.23. The second kappa shape index (κ2) is 8.84. The highest BCUT2D eigenvalue weighted by atomic mass is 16.5. The molecule has 0 heterocycles. The average molecular weight is 327 g/mol. The summed E-state index contributed by atoms with van der Waals surface area (Å²) in [7, 11) is 0. The minimum absolute atomic E-state index is 0.167. The average Bonchev–Trinajstić information content (AvgIpc) is 2.62. The van der Waals surface area contributed by atoms with Gasteiger partial charge in [0.05, 0.1) is 12.6 Å². The van der Waals surface area contributed by atoms with Gasteiger partial charge in [0.25, 0.3) is 5.91 Å². The van der Waals surface area contributed by atoms with Gasteiger partial charge in [-0.15, -0.1) is 0 Å². The predicted octanol–water partition coefficient (Wildman–Crippen LogP) is 1.95. The zero-order valence-corrected chi connectivity index (χ0v) is 13.5. The van der Waals surface area contributed by atoms with E-state index in [1.54, 1.807) is 31.2 Å². The van der Waals surface area contributed by atoms with Crippen LogP contribution in [0.3, 0.4) is 0 Å². The lowest BCUT2D eigenvalue weighted by Crippen LogP contribution is -2.48. The SMILES string of the molecule is CCOC(=O)[C@H](O)[C@H](Cc1ccccc1)NC(=O)c1ccccc1. The Morgan fingerprint density at radius 3 is 2.21 bits per heavy atom. The first-order valence-corrected chi connectivity index (χ1v) is 7.86. The third kappa shape index (κ3) is 4.93. The lowest BCUT2D eigenvalue weighted by molar-refractivity contribution is -0.154. The van der Waals surface area contributed by atoms with Gasteiger partial charge in [-0.3, -0.25) is 4.79 Å². The van der Waals surface area contributed by atoms with Gasteiger partial charge in [-0.2, -0.15) is 0 Å². The van der Waals surface area contributed by atoms with Gasteiger partial charge < -0.3 is 15.2 Å². The van der Waals surface area contributed by atoms with E-state index in [1.807, 2.05) is 36.4 Å². The Kier molecular flexibility index (Phi) is 6.51. The predicted molar refractivity (Wildman–Crippen MR) is 90.5 cm³/mol. The maximum absolute atomic E-state index is 12.4. The monoisotopic (exact) mass is 327 g/mol. The largest absolute Gasteiger partial charge is 0.464 e. The molecular formula is C19H21NO4. The van der Waals surface area contributed by atoms with Crippen molar-refractivity contribution in [1.29, 1.82) is 0 Å². The van der Waals surface area contributed by atoms with Crippen LogP contribution in [0, 0.1) is 0 Å². The highest BCUT2D eigenvalue weighted by Gasteiger charge is 2.29. The van der Waals surface area contributed by atoms with Gasteiger partial charge in [0, 0.05) is 5.56 Å². The molecule has 2 rings (SSSR count). The molecule has 0 bridgehead atoms. The van der Waals surface area contributed by atoms with Crippen molar-refractivity contribution >= 4 is 11.9 Å². The van der Waals surface area contributed by atoms with E-state index in [-0.39, 0.29) is 12.5 Å². The number of aliphatic hydroxyl groups excluding tert-OH is 1. The topological polar surface area (TPSA) is 75.6 Å². The number of hydrogen-bond acceptors (Lipinski definition) is 4. The minimum Gasteiger partial charge on any atom is -0.464 e. The van der Waals surface area contributed by atoms with E-state index in [1.165, 1.54) is 0 Å². The summed E-state index contributed by atoms with van der Waals surface area (Å²) in [4.78, 5) is 24.2. The number of amides is 1. The number of esters is 1. The van der Waals surface area contributed by atoms with E-state index in [0.29, 0.717) is 12.0 Å². The summed E-state index contributed by atoms with van der Waals surface area (Å²) in [6.45, 7) is 1.83. The van der Waals surface area contributed by atoms with Gasteiger partial charge in [0.15, 0.2) is 6.10 Å². The molecule has 24 heavy (non-hydrogen) atoms. The third-order valence-corrected chi connectivity index (χ3v) is 3.56. The van der Waals surface area contributed by atoms with Gasteiger partial charge in [0.1, 0.15) is 0 Å². The van der Waals surface area contributed by atoms with Gasteiger partial charge >= 0.3 is 5.97 Å². The fourth-order valence-corrected chi connectivity index (χ4v) is 2.34. The van der Waals surface area contributed by atoms with Gasteiger partial charge in [-0.05, 0) is 31.0 Å². The molecule has 0 aliphatic rings. The first kappa shape index (κ1) is 17.7. The summed E-state index contributed by atoms with van der Waals surface area (Å²) in [6, 6.07) is 17.2. The van der Waals surface area contributed by atoms with Crippen LogP contribution in [0.25, 0.3) is 0 Å². The van der Waals surface area contributed by atoms with Crippen molar-refractivity contribution in [3.63, 3.8) is 0 Å². The van der Waals surface area contributed by atoms with Crippen molar-refractivity contribution in [2.24, 2.45) is 0 Å². The molecule has 0 saturated heterocycles. The second-order valence-electron chi connectivity index (χ2n) is 5.33. The zero-order valence-electron chi connectivity index (χ0n) is 13.5. The molecule has 0 unspecified atom stereocenters. The van der Waals surface area contributed by atoms with Crippen molar-refractivity contribution in [3.8, 4) is 0 Å². The Morgan fingerprint density at radius 2 is 1.62 bits per heavy atom. The molecule has 0 spiro atoms. The fourth-order valence-electron chi connectivity index (χ4n) is 2.34. The van der Waals surface area contributed by atoms with E-state index in [9.17, 15) is 14.7 Å². The van der Waals surface area contributed by atoms with Crippen LogP contribution in [0.4, 0.5) is 0 Å². The van der Waals surface area contributed by atoms with E-state index in [4.69, 9.17) is 4.74 Å². The Labute approximate surface area is 141 Å². The maximum Gasteiger partial charge on any atom is 0.337 e. The second-order valence-corrected chi connectivity index (χ2v) is 5.33.